The second-order valence-electron chi connectivity index (χ2n) is 4.78. The number of carbonyl (C=O) groups is 1. The molecule has 2 amide bonds. The van der Waals surface area contributed by atoms with Crippen molar-refractivity contribution < 1.29 is 9.18 Å². The number of halogens is 4. The number of hydrogen-bond donors (Lipinski definition) is 1. The van der Waals surface area contributed by atoms with Crippen molar-refractivity contribution in [2.45, 2.75) is 23.9 Å². The Morgan fingerprint density at radius 3 is 2.62 bits per heavy atom. The first-order valence-corrected chi connectivity index (χ1v) is 8.00. The first kappa shape index (κ1) is 17.0. The molecule has 21 heavy (non-hydrogen) atoms. The molecule has 0 aromatic heterocycles. The van der Waals surface area contributed by atoms with Gasteiger partial charge in [-0.15, -0.1) is 0 Å². The molecule has 1 aliphatic heterocycles. The molecule has 2 rings (SSSR count). The van der Waals surface area contributed by atoms with Gasteiger partial charge in [0.2, 0.25) is 0 Å². The fourth-order valence-corrected chi connectivity index (χ4v) is 3.10. The summed E-state index contributed by atoms with van der Waals surface area (Å²) < 4.78 is 11.7. The second-order valence-corrected chi connectivity index (χ2v) is 8.01. The molecule has 1 aromatic rings. The van der Waals surface area contributed by atoms with Gasteiger partial charge < -0.3 is 0 Å². The van der Waals surface area contributed by atoms with Crippen LogP contribution in [0.25, 0.3) is 0 Å². The predicted molar refractivity (Wildman–Crippen MR) is 86.1 cm³/mol. The van der Waals surface area contributed by atoms with Gasteiger partial charge in [0.1, 0.15) is 6.17 Å². The van der Waals surface area contributed by atoms with E-state index in [1.54, 1.807) is 24.3 Å². The van der Waals surface area contributed by atoms with E-state index >= 15 is 0 Å². The van der Waals surface area contributed by atoms with E-state index in [0.717, 1.165) is 4.41 Å². The Hall–Kier alpha value is -0.400. The number of amides is 2. The van der Waals surface area contributed by atoms with Crippen LogP contribution < -0.4 is 10.3 Å². The molecule has 0 saturated carbocycles. The van der Waals surface area contributed by atoms with Gasteiger partial charge in [-0.25, -0.2) is 4.79 Å². The summed E-state index contributed by atoms with van der Waals surface area (Å²) in [7, 11) is 0. The molecular formula is C12H13Cl3FN3OS. The average Bonchev–Trinajstić information content (AvgIpc) is 2.65. The summed E-state index contributed by atoms with van der Waals surface area (Å²) >= 11 is 16.9. The molecule has 1 unspecified atom stereocenters. The van der Waals surface area contributed by atoms with Crippen molar-refractivity contribution in [1.29, 1.82) is 0 Å². The number of anilines is 1. The monoisotopic (exact) mass is 371 g/mol. The Kier molecular flexibility index (Phi) is 5.15. The number of rotatable bonds is 4. The van der Waals surface area contributed by atoms with Gasteiger partial charge in [-0.05, 0) is 24.1 Å². The topological polar surface area (TPSA) is 35.6 Å². The molecule has 1 aromatic carbocycles. The van der Waals surface area contributed by atoms with Crippen molar-refractivity contribution in [3.8, 4) is 0 Å². The van der Waals surface area contributed by atoms with Gasteiger partial charge in [-0.3, -0.25) is 4.90 Å². The maximum absolute atomic E-state index is 13.4. The molecule has 1 heterocycles. The molecule has 1 saturated heterocycles. The van der Waals surface area contributed by atoms with E-state index < -0.39 is 9.95 Å². The van der Waals surface area contributed by atoms with E-state index in [1.165, 1.54) is 4.90 Å². The summed E-state index contributed by atoms with van der Waals surface area (Å²) in [6.07, 6.45) is -0.362. The lowest BCUT2D eigenvalue weighted by atomic mass is 10.1. The van der Waals surface area contributed by atoms with Crippen molar-refractivity contribution in [3.05, 3.63) is 29.3 Å². The molecule has 4 nitrogen and oxygen atoms in total. The maximum atomic E-state index is 13.4. The Labute approximate surface area is 141 Å². The number of hydrazine groups is 1. The number of carbonyl (C=O) groups excluding carboxylic acids is 1. The normalized spacial score (nSPS) is 19.8. The van der Waals surface area contributed by atoms with E-state index in [0.29, 0.717) is 22.7 Å². The maximum Gasteiger partial charge on any atom is 0.350 e. The molecule has 9 heteroatoms. The number of nitrogens with one attached hydrogen (secondary N) is 1. The van der Waals surface area contributed by atoms with E-state index in [4.69, 9.17) is 34.8 Å². The van der Waals surface area contributed by atoms with Crippen LogP contribution in [0.5, 0.6) is 0 Å². The van der Waals surface area contributed by atoms with E-state index in [1.807, 2.05) is 13.8 Å². The molecule has 0 spiro atoms. The lowest BCUT2D eigenvalue weighted by Gasteiger charge is -2.25. The lowest BCUT2D eigenvalue weighted by Crippen LogP contribution is -2.41. The van der Waals surface area contributed by atoms with Crippen LogP contribution in [0.3, 0.4) is 0 Å². The van der Waals surface area contributed by atoms with E-state index in [2.05, 4.69) is 5.43 Å². The van der Waals surface area contributed by atoms with Crippen LogP contribution in [0.2, 0.25) is 5.02 Å². The molecule has 0 aliphatic carbocycles. The second kappa shape index (κ2) is 6.38. The smallest absolute Gasteiger partial charge is 0.274 e. The largest absolute Gasteiger partial charge is 0.350 e. The molecule has 0 radical (unpaired) electrons. The van der Waals surface area contributed by atoms with Gasteiger partial charge >= 0.3 is 9.95 Å². The fraction of sp³-hybridized carbons (Fsp3) is 0.417. The SMILES string of the molecule is CC(C)C1NN(SC(F)(Cl)Cl)C(=O)N1c1cccc(Cl)c1. The molecule has 116 valence electrons. The zero-order chi connectivity index (χ0) is 15.8. The zero-order valence-corrected chi connectivity index (χ0v) is 14.3. The van der Waals surface area contributed by atoms with Crippen LogP contribution in [0.1, 0.15) is 13.8 Å². The highest BCUT2D eigenvalue weighted by Gasteiger charge is 2.43. The third kappa shape index (κ3) is 4.07. The summed E-state index contributed by atoms with van der Waals surface area (Å²) in [5.74, 6) is 0.0678. The van der Waals surface area contributed by atoms with Gasteiger partial charge in [0.25, 0.3) is 0 Å². The minimum Gasteiger partial charge on any atom is -0.274 e. The Balaban J connectivity index is 2.31. The summed E-state index contributed by atoms with van der Waals surface area (Å²) in [5, 5.41) is 0.503. The molecule has 0 bridgehead atoms. The minimum absolute atomic E-state index is 0.0678. The third-order valence-electron chi connectivity index (χ3n) is 2.82. The van der Waals surface area contributed by atoms with Crippen LogP contribution in [0.4, 0.5) is 14.9 Å². The van der Waals surface area contributed by atoms with Crippen LogP contribution in [-0.4, -0.2) is 20.5 Å². The zero-order valence-electron chi connectivity index (χ0n) is 11.2. The van der Waals surface area contributed by atoms with Gasteiger partial charge in [0.05, 0.1) is 0 Å². The van der Waals surface area contributed by atoms with Crippen LogP contribution in [-0.2, 0) is 0 Å². The standard InChI is InChI=1S/C12H13Cl3FN3OS/c1-7(2)10-17-19(21-12(14,15)16)11(20)18(10)9-5-3-4-8(13)6-9/h3-7,10,17H,1-2H3. The van der Waals surface area contributed by atoms with Crippen molar-refractivity contribution in [1.82, 2.24) is 9.84 Å². The van der Waals surface area contributed by atoms with Crippen molar-refractivity contribution in [2.75, 3.05) is 4.90 Å². The number of alkyl halides is 3. The van der Waals surface area contributed by atoms with Gasteiger partial charge in [0.15, 0.2) is 0 Å². The van der Waals surface area contributed by atoms with E-state index in [-0.39, 0.29) is 12.1 Å². The molecule has 1 atom stereocenters. The average molecular weight is 373 g/mol. The minimum atomic E-state index is -2.60. The Bertz CT molecular complexity index is 541. The number of benzene rings is 1. The van der Waals surface area contributed by atoms with Crippen molar-refractivity contribution in [2.24, 2.45) is 5.92 Å². The quantitative estimate of drug-likeness (QED) is 0.610. The van der Waals surface area contributed by atoms with Crippen molar-refractivity contribution >= 4 is 58.5 Å². The lowest BCUT2D eigenvalue weighted by molar-refractivity contribution is 0.235. The van der Waals surface area contributed by atoms with Crippen LogP contribution in [0, 0.1) is 5.92 Å². The van der Waals surface area contributed by atoms with Gasteiger partial charge in [-0.2, -0.15) is 14.2 Å². The third-order valence-corrected chi connectivity index (χ3v) is 4.12. The van der Waals surface area contributed by atoms with Gasteiger partial charge in [0, 0.05) is 22.7 Å². The molecule has 1 aliphatic rings. The highest BCUT2D eigenvalue weighted by Crippen LogP contribution is 2.41. The first-order valence-electron chi connectivity index (χ1n) is 6.10. The number of nitrogens with zero attached hydrogens (tertiary/aromatic N) is 2. The van der Waals surface area contributed by atoms with E-state index in [9.17, 15) is 9.18 Å². The number of urea groups is 1. The summed E-state index contributed by atoms with van der Waals surface area (Å²) in [5.41, 5.74) is 3.49. The molecule has 1 fully saturated rings. The number of hydrogen-bond acceptors (Lipinski definition) is 3. The summed E-state index contributed by atoms with van der Waals surface area (Å²) in [6, 6.07) is 6.39. The highest BCUT2D eigenvalue weighted by molar-refractivity contribution is 8.01. The molecular weight excluding hydrogens is 360 g/mol. The summed E-state index contributed by atoms with van der Waals surface area (Å²) in [4.78, 5) is 13.9. The molecule has 1 N–H and O–H groups in total. The predicted octanol–water partition coefficient (Wildman–Crippen LogP) is 4.78. The first-order chi connectivity index (χ1) is 9.69. The van der Waals surface area contributed by atoms with Crippen LogP contribution >= 0.6 is 46.8 Å². The van der Waals surface area contributed by atoms with Crippen LogP contribution in [0.15, 0.2) is 24.3 Å². The Morgan fingerprint density at radius 1 is 1.43 bits per heavy atom. The Morgan fingerprint density at radius 2 is 2.10 bits per heavy atom. The summed E-state index contributed by atoms with van der Waals surface area (Å²) in [6.45, 7) is 3.86. The highest BCUT2D eigenvalue weighted by atomic mass is 35.5. The van der Waals surface area contributed by atoms with Crippen molar-refractivity contribution in [3.63, 3.8) is 0 Å². The fourth-order valence-electron chi connectivity index (χ4n) is 1.96. The van der Waals surface area contributed by atoms with Gasteiger partial charge in [-0.1, -0.05) is 54.7 Å².